The van der Waals surface area contributed by atoms with E-state index in [0.717, 1.165) is 12.0 Å². The Morgan fingerprint density at radius 3 is 2.18 bits per heavy atom. The zero-order valence-electron chi connectivity index (χ0n) is 12.8. The van der Waals surface area contributed by atoms with Gasteiger partial charge in [0.15, 0.2) is 0 Å². The fraction of sp³-hybridized carbons (Fsp3) is 0.278. The van der Waals surface area contributed by atoms with Gasteiger partial charge >= 0.3 is 0 Å². The molecule has 118 valence electrons. The minimum absolute atomic E-state index is 0. The Kier molecular flexibility index (Phi) is 8.26. The highest BCUT2D eigenvalue weighted by molar-refractivity contribution is 5.85. The van der Waals surface area contributed by atoms with Crippen LogP contribution in [0.15, 0.2) is 60.7 Å². The van der Waals surface area contributed by atoms with E-state index < -0.39 is 0 Å². The van der Waals surface area contributed by atoms with Crippen LogP contribution >= 0.6 is 12.4 Å². The molecule has 0 aliphatic heterocycles. The van der Waals surface area contributed by atoms with Crippen LogP contribution in [0.3, 0.4) is 0 Å². The summed E-state index contributed by atoms with van der Waals surface area (Å²) in [6.45, 7) is 0.693. The maximum Gasteiger partial charge on any atom is 0.221 e. The zero-order valence-corrected chi connectivity index (χ0v) is 13.6. The van der Waals surface area contributed by atoms with E-state index in [4.69, 9.17) is 0 Å². The predicted octanol–water partition coefficient (Wildman–Crippen LogP) is 3.12. The van der Waals surface area contributed by atoms with Crippen molar-refractivity contribution in [1.29, 1.82) is 0 Å². The molecule has 0 fully saturated rings. The lowest BCUT2D eigenvalue weighted by atomic mass is 9.98. The third kappa shape index (κ3) is 5.88. The number of nitrogens with one attached hydrogen (secondary N) is 2. The summed E-state index contributed by atoms with van der Waals surface area (Å²) in [6.07, 6.45) is 1.30. The second-order valence-corrected chi connectivity index (χ2v) is 5.07. The molecule has 2 rings (SSSR count). The van der Waals surface area contributed by atoms with Crippen LogP contribution in [-0.4, -0.2) is 19.5 Å². The van der Waals surface area contributed by atoms with Crippen molar-refractivity contribution in [2.24, 2.45) is 0 Å². The summed E-state index contributed by atoms with van der Waals surface area (Å²) in [4.78, 5) is 12.0. The number of halogens is 1. The van der Waals surface area contributed by atoms with Crippen LogP contribution in [0, 0.1) is 0 Å². The lowest BCUT2D eigenvalue weighted by Gasteiger charge is -2.19. The van der Waals surface area contributed by atoms with Gasteiger partial charge in [-0.3, -0.25) is 4.79 Å². The SMILES string of the molecule is CNCCC(=O)NC(Cc1ccccc1)c1ccccc1.Cl. The summed E-state index contributed by atoms with van der Waals surface area (Å²) in [5.41, 5.74) is 2.36. The first-order valence-corrected chi connectivity index (χ1v) is 7.32. The molecule has 22 heavy (non-hydrogen) atoms. The van der Waals surface area contributed by atoms with E-state index in [0.29, 0.717) is 13.0 Å². The van der Waals surface area contributed by atoms with E-state index >= 15 is 0 Å². The standard InChI is InChI=1S/C18H22N2O.ClH/c1-19-13-12-18(21)20-17(16-10-6-3-7-11-16)14-15-8-4-2-5-9-15;/h2-11,17,19H,12-14H2,1H3,(H,20,21);1H. The Hall–Kier alpha value is -1.84. The number of benzene rings is 2. The summed E-state index contributed by atoms with van der Waals surface area (Å²) in [7, 11) is 1.85. The van der Waals surface area contributed by atoms with Crippen LogP contribution < -0.4 is 10.6 Å². The van der Waals surface area contributed by atoms with Crippen molar-refractivity contribution in [3.05, 3.63) is 71.8 Å². The normalized spacial score (nSPS) is 11.3. The van der Waals surface area contributed by atoms with Crippen molar-refractivity contribution in [3.8, 4) is 0 Å². The van der Waals surface area contributed by atoms with Gasteiger partial charge in [0.05, 0.1) is 6.04 Å². The molecule has 0 saturated heterocycles. The van der Waals surface area contributed by atoms with Gasteiger partial charge in [-0.15, -0.1) is 12.4 Å². The molecule has 0 radical (unpaired) electrons. The van der Waals surface area contributed by atoms with Crippen LogP contribution in [0.4, 0.5) is 0 Å². The summed E-state index contributed by atoms with van der Waals surface area (Å²) in [6, 6.07) is 20.4. The minimum Gasteiger partial charge on any atom is -0.349 e. The Morgan fingerprint density at radius 1 is 1.00 bits per heavy atom. The third-order valence-electron chi connectivity index (χ3n) is 3.42. The molecule has 1 unspecified atom stereocenters. The fourth-order valence-corrected chi connectivity index (χ4v) is 2.29. The van der Waals surface area contributed by atoms with E-state index in [1.807, 2.05) is 43.4 Å². The first kappa shape index (κ1) is 18.2. The van der Waals surface area contributed by atoms with Crippen molar-refractivity contribution in [1.82, 2.24) is 10.6 Å². The number of rotatable bonds is 7. The molecule has 0 bridgehead atoms. The molecule has 2 N–H and O–H groups in total. The molecule has 4 heteroatoms. The summed E-state index contributed by atoms with van der Waals surface area (Å²) in [5.74, 6) is 0.0779. The predicted molar refractivity (Wildman–Crippen MR) is 93.3 cm³/mol. The largest absolute Gasteiger partial charge is 0.349 e. The summed E-state index contributed by atoms with van der Waals surface area (Å²) in [5, 5.41) is 6.14. The molecule has 0 heterocycles. The number of carbonyl (C=O) groups excluding carboxylic acids is 1. The molecule has 2 aromatic rings. The molecule has 0 saturated carbocycles. The van der Waals surface area contributed by atoms with Gasteiger partial charge in [-0.25, -0.2) is 0 Å². The summed E-state index contributed by atoms with van der Waals surface area (Å²) >= 11 is 0. The molecule has 0 aliphatic carbocycles. The molecule has 2 aromatic carbocycles. The van der Waals surface area contributed by atoms with Gasteiger partial charge in [-0.05, 0) is 24.6 Å². The maximum atomic E-state index is 12.0. The highest BCUT2D eigenvalue weighted by Gasteiger charge is 2.14. The average molecular weight is 319 g/mol. The van der Waals surface area contributed by atoms with Crippen LogP contribution in [0.25, 0.3) is 0 Å². The first-order valence-electron chi connectivity index (χ1n) is 7.32. The molecule has 0 aliphatic rings. The van der Waals surface area contributed by atoms with Crippen molar-refractivity contribution >= 4 is 18.3 Å². The topological polar surface area (TPSA) is 41.1 Å². The van der Waals surface area contributed by atoms with E-state index in [1.165, 1.54) is 5.56 Å². The molecular formula is C18H23ClN2O. The lowest BCUT2D eigenvalue weighted by Crippen LogP contribution is -2.31. The lowest BCUT2D eigenvalue weighted by molar-refractivity contribution is -0.121. The van der Waals surface area contributed by atoms with Crippen LogP contribution in [0.1, 0.15) is 23.6 Å². The maximum absolute atomic E-state index is 12.0. The highest BCUT2D eigenvalue weighted by atomic mass is 35.5. The Labute approximate surface area is 138 Å². The van der Waals surface area contributed by atoms with Crippen LogP contribution in [0.5, 0.6) is 0 Å². The van der Waals surface area contributed by atoms with Gasteiger partial charge < -0.3 is 10.6 Å². The Bertz CT molecular complexity index is 546. The molecule has 1 atom stereocenters. The summed E-state index contributed by atoms with van der Waals surface area (Å²) < 4.78 is 0. The van der Waals surface area contributed by atoms with Crippen molar-refractivity contribution < 1.29 is 4.79 Å². The van der Waals surface area contributed by atoms with Crippen molar-refractivity contribution in [2.45, 2.75) is 18.9 Å². The van der Waals surface area contributed by atoms with E-state index in [-0.39, 0.29) is 24.4 Å². The van der Waals surface area contributed by atoms with E-state index in [2.05, 4.69) is 34.9 Å². The number of amides is 1. The minimum atomic E-state index is 0. The van der Waals surface area contributed by atoms with Gasteiger partial charge in [0.1, 0.15) is 0 Å². The smallest absolute Gasteiger partial charge is 0.221 e. The number of carbonyl (C=O) groups is 1. The Balaban J connectivity index is 0.00000242. The van der Waals surface area contributed by atoms with Crippen LogP contribution in [-0.2, 0) is 11.2 Å². The second kappa shape index (κ2) is 9.98. The van der Waals surface area contributed by atoms with Crippen molar-refractivity contribution in [2.75, 3.05) is 13.6 Å². The molecule has 0 aromatic heterocycles. The van der Waals surface area contributed by atoms with Gasteiger partial charge in [-0.1, -0.05) is 60.7 Å². The van der Waals surface area contributed by atoms with E-state index in [1.54, 1.807) is 0 Å². The number of hydrogen-bond acceptors (Lipinski definition) is 2. The van der Waals surface area contributed by atoms with Gasteiger partial charge in [0.25, 0.3) is 0 Å². The highest BCUT2D eigenvalue weighted by Crippen LogP contribution is 2.18. The second-order valence-electron chi connectivity index (χ2n) is 5.07. The molecule has 0 spiro atoms. The third-order valence-corrected chi connectivity index (χ3v) is 3.42. The van der Waals surface area contributed by atoms with Gasteiger partial charge in [0, 0.05) is 13.0 Å². The fourth-order valence-electron chi connectivity index (χ4n) is 2.29. The Morgan fingerprint density at radius 2 is 1.59 bits per heavy atom. The zero-order chi connectivity index (χ0) is 14.9. The van der Waals surface area contributed by atoms with Gasteiger partial charge in [-0.2, -0.15) is 0 Å². The monoisotopic (exact) mass is 318 g/mol. The first-order chi connectivity index (χ1) is 10.3. The molecule has 3 nitrogen and oxygen atoms in total. The number of hydrogen-bond donors (Lipinski definition) is 2. The van der Waals surface area contributed by atoms with Gasteiger partial charge in [0.2, 0.25) is 5.91 Å². The molecule has 1 amide bonds. The molecular weight excluding hydrogens is 296 g/mol. The van der Waals surface area contributed by atoms with Crippen molar-refractivity contribution in [3.63, 3.8) is 0 Å². The quantitative estimate of drug-likeness (QED) is 0.823. The van der Waals surface area contributed by atoms with Crippen LogP contribution in [0.2, 0.25) is 0 Å². The van der Waals surface area contributed by atoms with E-state index in [9.17, 15) is 4.79 Å². The average Bonchev–Trinajstić information content (AvgIpc) is 2.54.